The minimum absolute atomic E-state index is 0.00651. The lowest BCUT2D eigenvalue weighted by Crippen LogP contribution is -2.39. The molecular formula is C14H18N2O5S. The van der Waals surface area contributed by atoms with Crippen LogP contribution in [0.4, 0.5) is 5.69 Å². The highest BCUT2D eigenvalue weighted by molar-refractivity contribution is 7.91. The zero-order chi connectivity index (χ0) is 16.2. The van der Waals surface area contributed by atoms with E-state index in [1.807, 2.05) is 0 Å². The monoisotopic (exact) mass is 326 g/mol. The molecule has 8 heteroatoms. The van der Waals surface area contributed by atoms with E-state index in [-0.39, 0.29) is 30.0 Å². The summed E-state index contributed by atoms with van der Waals surface area (Å²) in [5, 5.41) is 5.60. The molecule has 7 nitrogen and oxygen atoms in total. The van der Waals surface area contributed by atoms with E-state index in [9.17, 15) is 18.0 Å². The summed E-state index contributed by atoms with van der Waals surface area (Å²) in [5.41, 5.74) is 1.11. The molecule has 2 rings (SSSR count). The van der Waals surface area contributed by atoms with Crippen molar-refractivity contribution < 1.29 is 22.7 Å². The Balaban J connectivity index is 1.80. The summed E-state index contributed by atoms with van der Waals surface area (Å²) >= 11 is 0. The molecule has 1 heterocycles. The highest BCUT2D eigenvalue weighted by atomic mass is 32.2. The number of sulfone groups is 1. The normalized spacial score (nSPS) is 19.4. The summed E-state index contributed by atoms with van der Waals surface area (Å²) in [6.07, 6.45) is 0.460. The van der Waals surface area contributed by atoms with Gasteiger partial charge in [0.25, 0.3) is 0 Å². The highest BCUT2D eigenvalue weighted by Crippen LogP contribution is 2.12. The van der Waals surface area contributed by atoms with Crippen LogP contribution in [-0.4, -0.2) is 51.5 Å². The predicted octanol–water partition coefficient (Wildman–Crippen LogP) is 0.188. The van der Waals surface area contributed by atoms with Crippen LogP contribution in [0.2, 0.25) is 0 Å². The van der Waals surface area contributed by atoms with Gasteiger partial charge >= 0.3 is 5.97 Å². The van der Waals surface area contributed by atoms with Crippen LogP contribution in [0, 0.1) is 0 Å². The number of amides is 1. The molecule has 22 heavy (non-hydrogen) atoms. The first-order valence-corrected chi connectivity index (χ1v) is 8.64. The maximum absolute atomic E-state index is 11.8. The van der Waals surface area contributed by atoms with Gasteiger partial charge in [-0.1, -0.05) is 0 Å². The van der Waals surface area contributed by atoms with Crippen molar-refractivity contribution in [1.29, 1.82) is 0 Å². The number of nitrogens with one attached hydrogen (secondary N) is 2. The molecule has 1 fully saturated rings. The fourth-order valence-electron chi connectivity index (χ4n) is 2.21. The quantitative estimate of drug-likeness (QED) is 0.749. The fraction of sp³-hybridized carbons (Fsp3) is 0.429. The zero-order valence-electron chi connectivity index (χ0n) is 12.2. The van der Waals surface area contributed by atoms with Crippen LogP contribution in [0.5, 0.6) is 0 Å². The van der Waals surface area contributed by atoms with E-state index in [1.165, 1.54) is 7.11 Å². The number of benzene rings is 1. The first-order chi connectivity index (χ1) is 10.4. The highest BCUT2D eigenvalue weighted by Gasteiger charge is 2.28. The van der Waals surface area contributed by atoms with Crippen molar-refractivity contribution in [2.45, 2.75) is 12.5 Å². The minimum atomic E-state index is -3.00. The number of ether oxygens (including phenoxy) is 1. The van der Waals surface area contributed by atoms with Crippen molar-refractivity contribution >= 4 is 27.4 Å². The molecule has 0 radical (unpaired) electrons. The van der Waals surface area contributed by atoms with Gasteiger partial charge in [-0.25, -0.2) is 13.2 Å². The lowest BCUT2D eigenvalue weighted by atomic mass is 10.2. The lowest BCUT2D eigenvalue weighted by Gasteiger charge is -2.12. The van der Waals surface area contributed by atoms with E-state index in [0.29, 0.717) is 17.7 Å². The van der Waals surface area contributed by atoms with Crippen LogP contribution < -0.4 is 10.6 Å². The summed E-state index contributed by atoms with van der Waals surface area (Å²) in [6, 6.07) is 6.21. The number of rotatable bonds is 5. The largest absolute Gasteiger partial charge is 0.465 e. The van der Waals surface area contributed by atoms with E-state index < -0.39 is 15.8 Å². The van der Waals surface area contributed by atoms with Crippen LogP contribution >= 0.6 is 0 Å². The maximum atomic E-state index is 11.8. The van der Waals surface area contributed by atoms with Gasteiger partial charge in [-0.3, -0.25) is 4.79 Å². The first kappa shape index (κ1) is 16.3. The van der Waals surface area contributed by atoms with E-state index in [1.54, 1.807) is 24.3 Å². The maximum Gasteiger partial charge on any atom is 0.337 e. The van der Waals surface area contributed by atoms with Crippen LogP contribution in [0.25, 0.3) is 0 Å². The smallest absolute Gasteiger partial charge is 0.337 e. The molecule has 1 unspecified atom stereocenters. The van der Waals surface area contributed by atoms with E-state index in [0.717, 1.165) is 0 Å². The van der Waals surface area contributed by atoms with E-state index >= 15 is 0 Å². The van der Waals surface area contributed by atoms with Gasteiger partial charge in [0.1, 0.15) is 0 Å². The summed E-state index contributed by atoms with van der Waals surface area (Å²) in [5.74, 6) is -0.557. The van der Waals surface area contributed by atoms with Crippen LogP contribution in [0.3, 0.4) is 0 Å². The molecule has 1 atom stereocenters. The molecule has 1 amide bonds. The molecule has 2 N–H and O–H groups in total. The first-order valence-electron chi connectivity index (χ1n) is 6.81. The molecule has 120 valence electrons. The molecule has 1 aromatic carbocycles. The Morgan fingerprint density at radius 2 is 1.95 bits per heavy atom. The summed E-state index contributed by atoms with van der Waals surface area (Å²) in [7, 11) is -1.69. The second-order valence-corrected chi connectivity index (χ2v) is 7.32. The number of esters is 1. The van der Waals surface area contributed by atoms with Crippen molar-refractivity contribution in [3.05, 3.63) is 29.8 Å². The van der Waals surface area contributed by atoms with Gasteiger partial charge < -0.3 is 15.4 Å². The average Bonchev–Trinajstić information content (AvgIpc) is 2.83. The van der Waals surface area contributed by atoms with Gasteiger partial charge in [0.05, 0.1) is 30.7 Å². The Morgan fingerprint density at radius 3 is 2.50 bits per heavy atom. The topological polar surface area (TPSA) is 102 Å². The van der Waals surface area contributed by atoms with E-state index in [2.05, 4.69) is 15.4 Å². The van der Waals surface area contributed by atoms with Gasteiger partial charge in [0, 0.05) is 11.7 Å². The zero-order valence-corrected chi connectivity index (χ0v) is 13.0. The Labute approximate surface area is 129 Å². The second-order valence-electron chi connectivity index (χ2n) is 5.09. The number of hydrogen-bond donors (Lipinski definition) is 2. The lowest BCUT2D eigenvalue weighted by molar-refractivity contribution is -0.119. The standard InChI is InChI=1S/C14H18N2O5S/c1-21-14(18)10-2-4-11(5-3-10)15-8-13(17)16-12-6-7-22(19,20)9-12/h2-5,12,15H,6-9H2,1H3,(H,16,17). The average molecular weight is 326 g/mol. The number of anilines is 1. The molecule has 0 aliphatic carbocycles. The van der Waals surface area contributed by atoms with Gasteiger partial charge in [-0.15, -0.1) is 0 Å². The second kappa shape index (κ2) is 6.78. The molecule has 0 aromatic heterocycles. The van der Waals surface area contributed by atoms with Crippen molar-refractivity contribution in [2.75, 3.05) is 30.5 Å². The Bertz CT molecular complexity index is 654. The van der Waals surface area contributed by atoms with Gasteiger partial charge in [-0.2, -0.15) is 0 Å². The molecule has 0 saturated carbocycles. The number of carbonyl (C=O) groups excluding carboxylic acids is 2. The third-order valence-corrected chi connectivity index (χ3v) is 5.12. The van der Waals surface area contributed by atoms with Crippen LogP contribution in [0.1, 0.15) is 16.8 Å². The third kappa shape index (κ3) is 4.45. The fourth-order valence-corrected chi connectivity index (χ4v) is 3.89. The number of carbonyl (C=O) groups is 2. The van der Waals surface area contributed by atoms with E-state index in [4.69, 9.17) is 0 Å². The van der Waals surface area contributed by atoms with Crippen molar-refractivity contribution in [1.82, 2.24) is 5.32 Å². The van der Waals surface area contributed by atoms with Crippen LogP contribution in [0.15, 0.2) is 24.3 Å². The Kier molecular flexibility index (Phi) is 5.02. The summed E-state index contributed by atoms with van der Waals surface area (Å²) < 4.78 is 27.2. The number of hydrogen-bond acceptors (Lipinski definition) is 6. The molecule has 1 aliphatic rings. The predicted molar refractivity (Wildman–Crippen MR) is 81.5 cm³/mol. The number of methoxy groups -OCH3 is 1. The SMILES string of the molecule is COC(=O)c1ccc(NCC(=O)NC2CCS(=O)(=O)C2)cc1. The van der Waals surface area contributed by atoms with Gasteiger partial charge in [-0.05, 0) is 30.7 Å². The molecule has 1 saturated heterocycles. The summed E-state index contributed by atoms with van der Waals surface area (Å²) in [4.78, 5) is 23.0. The molecule has 0 bridgehead atoms. The molecule has 0 spiro atoms. The van der Waals surface area contributed by atoms with Crippen molar-refractivity contribution in [2.24, 2.45) is 0 Å². The van der Waals surface area contributed by atoms with Gasteiger partial charge in [0.2, 0.25) is 5.91 Å². The van der Waals surface area contributed by atoms with Crippen LogP contribution in [-0.2, 0) is 19.4 Å². The Hall–Kier alpha value is -2.09. The van der Waals surface area contributed by atoms with Gasteiger partial charge in [0.15, 0.2) is 9.84 Å². The Morgan fingerprint density at radius 1 is 1.27 bits per heavy atom. The van der Waals surface area contributed by atoms with Crippen molar-refractivity contribution in [3.8, 4) is 0 Å². The third-order valence-electron chi connectivity index (χ3n) is 3.36. The molecular weight excluding hydrogens is 308 g/mol. The van der Waals surface area contributed by atoms with Crippen molar-refractivity contribution in [3.63, 3.8) is 0 Å². The minimum Gasteiger partial charge on any atom is -0.465 e. The molecule has 1 aromatic rings. The summed E-state index contributed by atoms with van der Waals surface area (Å²) in [6.45, 7) is 0.0358. The molecule has 1 aliphatic heterocycles.